The number of rotatable bonds is 1. The zero-order valence-electron chi connectivity index (χ0n) is 9.25. The molecule has 0 saturated heterocycles. The normalized spacial score (nSPS) is 23.1. The first-order chi connectivity index (χ1) is 7.61. The van der Waals surface area contributed by atoms with Gasteiger partial charge in [-0.25, -0.2) is 0 Å². The molecule has 0 aliphatic carbocycles. The number of nitrogens with one attached hydrogen (secondary N) is 1. The van der Waals surface area contributed by atoms with Crippen molar-refractivity contribution in [3.8, 4) is 6.07 Å². The Balaban J connectivity index is 2.36. The van der Waals surface area contributed by atoms with Gasteiger partial charge in [-0.05, 0) is 47.5 Å². The van der Waals surface area contributed by atoms with Gasteiger partial charge in [0, 0.05) is 27.1 Å². The van der Waals surface area contributed by atoms with Gasteiger partial charge in [0.15, 0.2) is 0 Å². The summed E-state index contributed by atoms with van der Waals surface area (Å²) >= 11 is 5.38. The Hall–Kier alpha value is -0.660. The van der Waals surface area contributed by atoms with Crippen molar-refractivity contribution in [1.82, 2.24) is 0 Å². The molecule has 84 valence electrons. The van der Waals surface area contributed by atoms with Crippen LogP contribution in [0, 0.1) is 18.3 Å². The molecule has 2 nitrogen and oxygen atoms in total. The molecule has 0 aromatic heterocycles. The van der Waals surface area contributed by atoms with E-state index in [1.165, 1.54) is 10.5 Å². The Morgan fingerprint density at radius 1 is 1.56 bits per heavy atom. The molecule has 0 spiro atoms. The van der Waals surface area contributed by atoms with Gasteiger partial charge in [0.2, 0.25) is 0 Å². The second-order valence-electron chi connectivity index (χ2n) is 4.07. The third kappa shape index (κ3) is 2.21. The molecule has 2 atom stereocenters. The van der Waals surface area contributed by atoms with Crippen molar-refractivity contribution in [2.45, 2.75) is 36.5 Å². The van der Waals surface area contributed by atoms with Crippen LogP contribution in [0.2, 0.25) is 0 Å². The van der Waals surface area contributed by atoms with Crippen LogP contribution < -0.4 is 5.32 Å². The predicted octanol–water partition coefficient (Wildman–Crippen LogP) is 3.95. The number of nitrogens with zero attached hydrogens (tertiary/aromatic N) is 1. The summed E-state index contributed by atoms with van der Waals surface area (Å²) in [4.78, 5) is 1.24. The topological polar surface area (TPSA) is 35.8 Å². The number of thioether (sulfide) groups is 1. The van der Waals surface area contributed by atoms with E-state index in [1.54, 1.807) is 11.8 Å². The van der Waals surface area contributed by atoms with Crippen molar-refractivity contribution in [3.05, 3.63) is 22.2 Å². The molecule has 0 bridgehead atoms. The number of benzene rings is 1. The molecular formula is C12H13BrN2S. The average molecular weight is 297 g/mol. The predicted molar refractivity (Wildman–Crippen MR) is 71.8 cm³/mol. The maximum Gasteiger partial charge on any atom is 0.0634 e. The Morgan fingerprint density at radius 3 is 3.00 bits per heavy atom. The van der Waals surface area contributed by atoms with Gasteiger partial charge in [-0.2, -0.15) is 5.26 Å². The quantitative estimate of drug-likeness (QED) is 0.852. The largest absolute Gasteiger partial charge is 0.380 e. The lowest BCUT2D eigenvalue weighted by molar-refractivity contribution is 0.728. The smallest absolute Gasteiger partial charge is 0.0634 e. The van der Waals surface area contributed by atoms with Crippen LogP contribution >= 0.6 is 27.7 Å². The Morgan fingerprint density at radius 2 is 2.31 bits per heavy atom. The van der Waals surface area contributed by atoms with Crippen LogP contribution in [0.4, 0.5) is 5.69 Å². The standard InChI is InChI=1S/C12H13BrN2S/c1-7-5-9(13)12-11(6-7)16-10(3-4-14)8(2)15-12/h5-6,8,10,15H,3H2,1-2H3. The zero-order valence-corrected chi connectivity index (χ0v) is 11.7. The molecule has 1 N–H and O–H groups in total. The van der Waals surface area contributed by atoms with Crippen LogP contribution in [0.3, 0.4) is 0 Å². The molecule has 4 heteroatoms. The summed E-state index contributed by atoms with van der Waals surface area (Å²) in [5.74, 6) is 0. The summed E-state index contributed by atoms with van der Waals surface area (Å²) in [6.45, 7) is 4.22. The van der Waals surface area contributed by atoms with Gasteiger partial charge in [-0.1, -0.05) is 0 Å². The summed E-state index contributed by atoms with van der Waals surface area (Å²) in [7, 11) is 0. The first kappa shape index (κ1) is 11.8. The second-order valence-corrected chi connectivity index (χ2v) is 6.21. The number of halogens is 1. The molecule has 0 saturated carbocycles. The maximum atomic E-state index is 8.79. The molecule has 2 rings (SSSR count). The monoisotopic (exact) mass is 296 g/mol. The van der Waals surface area contributed by atoms with Crippen LogP contribution in [-0.2, 0) is 0 Å². The minimum atomic E-state index is 0.330. The van der Waals surface area contributed by atoms with E-state index in [4.69, 9.17) is 5.26 Å². The highest BCUT2D eigenvalue weighted by Crippen LogP contribution is 2.43. The minimum absolute atomic E-state index is 0.330. The summed E-state index contributed by atoms with van der Waals surface area (Å²) in [6.07, 6.45) is 0.587. The molecule has 0 amide bonds. The fourth-order valence-corrected chi connectivity index (χ4v) is 3.95. The fraction of sp³-hybridized carbons (Fsp3) is 0.417. The second kappa shape index (κ2) is 4.68. The van der Waals surface area contributed by atoms with Crippen LogP contribution in [0.5, 0.6) is 0 Å². The molecule has 0 radical (unpaired) electrons. The van der Waals surface area contributed by atoms with Gasteiger partial charge in [0.1, 0.15) is 0 Å². The molecule has 0 fully saturated rings. The lowest BCUT2D eigenvalue weighted by atomic mass is 10.1. The molecule has 1 aliphatic rings. The minimum Gasteiger partial charge on any atom is -0.380 e. The number of aryl methyl sites for hydroxylation is 1. The molecule has 1 heterocycles. The lowest BCUT2D eigenvalue weighted by Crippen LogP contribution is -2.31. The summed E-state index contributed by atoms with van der Waals surface area (Å²) in [5, 5.41) is 12.6. The fourth-order valence-electron chi connectivity index (χ4n) is 1.84. The number of hydrogen-bond acceptors (Lipinski definition) is 3. The van der Waals surface area contributed by atoms with Crippen molar-refractivity contribution in [2.75, 3.05) is 5.32 Å². The molecular weight excluding hydrogens is 284 g/mol. The van der Waals surface area contributed by atoms with Crippen molar-refractivity contribution in [3.63, 3.8) is 0 Å². The first-order valence-corrected chi connectivity index (χ1v) is 6.89. The van der Waals surface area contributed by atoms with Gasteiger partial charge in [-0.3, -0.25) is 0 Å². The Labute approximate surface area is 109 Å². The highest BCUT2D eigenvalue weighted by Gasteiger charge is 2.26. The van der Waals surface area contributed by atoms with Crippen LogP contribution in [0.15, 0.2) is 21.5 Å². The van der Waals surface area contributed by atoms with Crippen molar-refractivity contribution >= 4 is 33.4 Å². The van der Waals surface area contributed by atoms with E-state index in [-0.39, 0.29) is 0 Å². The molecule has 1 aromatic carbocycles. The SMILES string of the molecule is Cc1cc(Br)c2c(c1)SC(CC#N)C(C)N2. The van der Waals surface area contributed by atoms with Gasteiger partial charge >= 0.3 is 0 Å². The average Bonchev–Trinajstić information content (AvgIpc) is 2.21. The summed E-state index contributed by atoms with van der Waals surface area (Å²) in [6, 6.07) is 6.87. The van der Waals surface area contributed by atoms with Gasteiger partial charge in [-0.15, -0.1) is 11.8 Å². The third-order valence-corrected chi connectivity index (χ3v) is 4.78. The van der Waals surface area contributed by atoms with Crippen LogP contribution in [-0.4, -0.2) is 11.3 Å². The van der Waals surface area contributed by atoms with Crippen molar-refractivity contribution < 1.29 is 0 Å². The number of nitriles is 1. The van der Waals surface area contributed by atoms with E-state index in [1.807, 2.05) is 0 Å². The summed E-state index contributed by atoms with van der Waals surface area (Å²) < 4.78 is 1.11. The third-order valence-electron chi connectivity index (χ3n) is 2.70. The van der Waals surface area contributed by atoms with E-state index in [0.717, 1.165) is 10.2 Å². The van der Waals surface area contributed by atoms with E-state index in [9.17, 15) is 0 Å². The van der Waals surface area contributed by atoms with Crippen LogP contribution in [0.25, 0.3) is 0 Å². The molecule has 1 aliphatic heterocycles. The van der Waals surface area contributed by atoms with Gasteiger partial charge in [0.25, 0.3) is 0 Å². The summed E-state index contributed by atoms with van der Waals surface area (Å²) in [5.41, 5.74) is 2.41. The number of fused-ring (bicyclic) bond motifs is 1. The maximum absolute atomic E-state index is 8.79. The Bertz CT molecular complexity index is 453. The number of anilines is 1. The Kier molecular flexibility index (Phi) is 3.46. The molecule has 2 unspecified atom stereocenters. The number of hydrogen-bond donors (Lipinski definition) is 1. The van der Waals surface area contributed by atoms with E-state index in [0.29, 0.717) is 17.7 Å². The zero-order chi connectivity index (χ0) is 11.7. The highest BCUT2D eigenvalue weighted by atomic mass is 79.9. The van der Waals surface area contributed by atoms with E-state index in [2.05, 4.69) is 53.3 Å². The van der Waals surface area contributed by atoms with Gasteiger partial charge in [0.05, 0.1) is 11.8 Å². The lowest BCUT2D eigenvalue weighted by Gasteiger charge is -2.31. The van der Waals surface area contributed by atoms with Crippen molar-refractivity contribution in [1.29, 1.82) is 5.26 Å². The van der Waals surface area contributed by atoms with E-state index < -0.39 is 0 Å². The van der Waals surface area contributed by atoms with Crippen LogP contribution in [0.1, 0.15) is 18.9 Å². The van der Waals surface area contributed by atoms with E-state index >= 15 is 0 Å². The molecule has 16 heavy (non-hydrogen) atoms. The highest BCUT2D eigenvalue weighted by molar-refractivity contribution is 9.10. The first-order valence-electron chi connectivity index (χ1n) is 5.22. The van der Waals surface area contributed by atoms with Crippen molar-refractivity contribution in [2.24, 2.45) is 0 Å². The molecule has 1 aromatic rings. The van der Waals surface area contributed by atoms with Gasteiger partial charge < -0.3 is 5.32 Å².